The fraction of sp³-hybridized carbons (Fsp3) is 0.857. The smallest absolute Gasteiger partial charge is 0.321 e. The minimum Gasteiger partial charge on any atom is -0.336 e. The van der Waals surface area contributed by atoms with Crippen molar-refractivity contribution in [1.82, 2.24) is 10.6 Å². The van der Waals surface area contributed by atoms with Crippen LogP contribution in [-0.4, -0.2) is 30.6 Å². The van der Waals surface area contributed by atoms with Gasteiger partial charge in [0.15, 0.2) is 6.54 Å². The van der Waals surface area contributed by atoms with Crippen molar-refractivity contribution in [3.8, 4) is 0 Å². The minimum absolute atomic E-state index is 0.180. The first-order chi connectivity index (χ1) is 9.24. The van der Waals surface area contributed by atoms with Gasteiger partial charge in [0.25, 0.3) is 5.91 Å². The number of imide groups is 1. The molecule has 2 aliphatic rings. The van der Waals surface area contributed by atoms with E-state index in [1.165, 1.54) is 44.9 Å². The lowest BCUT2D eigenvalue weighted by Gasteiger charge is -2.17. The summed E-state index contributed by atoms with van der Waals surface area (Å²) in [6.45, 7) is 0.364. The molecule has 5 nitrogen and oxygen atoms in total. The van der Waals surface area contributed by atoms with Crippen LogP contribution in [0.25, 0.3) is 0 Å². The van der Waals surface area contributed by atoms with Gasteiger partial charge < -0.3 is 10.6 Å². The Morgan fingerprint density at radius 3 is 2.21 bits per heavy atom. The van der Waals surface area contributed by atoms with E-state index in [0.29, 0.717) is 18.6 Å². The number of hydrogen-bond acceptors (Lipinski definition) is 2. The van der Waals surface area contributed by atoms with Crippen molar-refractivity contribution in [1.29, 1.82) is 0 Å². The highest BCUT2D eigenvalue weighted by molar-refractivity contribution is 5.94. The number of carbonyl (C=O) groups excluding carboxylic acids is 2. The summed E-state index contributed by atoms with van der Waals surface area (Å²) in [6, 6.07) is 0.512. The van der Waals surface area contributed by atoms with E-state index in [4.69, 9.17) is 0 Å². The van der Waals surface area contributed by atoms with Gasteiger partial charge in [-0.2, -0.15) is 0 Å². The Morgan fingerprint density at radius 1 is 0.947 bits per heavy atom. The van der Waals surface area contributed by atoms with Gasteiger partial charge in [-0.05, 0) is 38.5 Å². The molecule has 0 aliphatic heterocycles. The van der Waals surface area contributed by atoms with Crippen LogP contribution >= 0.6 is 0 Å². The number of nitrogens with two attached hydrogens (primary N) is 1. The lowest BCUT2D eigenvalue weighted by atomic mass is 9.97. The van der Waals surface area contributed by atoms with Crippen molar-refractivity contribution in [2.45, 2.75) is 69.9 Å². The summed E-state index contributed by atoms with van der Waals surface area (Å²) in [4.78, 5) is 23.0. The number of urea groups is 1. The van der Waals surface area contributed by atoms with Crippen LogP contribution in [0.5, 0.6) is 0 Å². The Balaban J connectivity index is 1.59. The van der Waals surface area contributed by atoms with Crippen LogP contribution in [0.15, 0.2) is 0 Å². The summed E-state index contributed by atoms with van der Waals surface area (Å²) >= 11 is 0. The summed E-state index contributed by atoms with van der Waals surface area (Å²) in [5, 5.41) is 7.26. The molecule has 0 unspecified atom stereocenters. The SMILES string of the molecule is O=C(C[NH2+]C1CCCCCCC1)NC(=O)NC1CC1. The maximum Gasteiger partial charge on any atom is 0.321 e. The molecule has 108 valence electrons. The molecule has 4 N–H and O–H groups in total. The van der Waals surface area contributed by atoms with Crippen molar-refractivity contribution in [3.63, 3.8) is 0 Å². The molecule has 0 spiro atoms. The average molecular weight is 268 g/mol. The molecule has 2 saturated carbocycles. The van der Waals surface area contributed by atoms with Gasteiger partial charge in [0, 0.05) is 6.04 Å². The van der Waals surface area contributed by atoms with Crippen molar-refractivity contribution in [2.75, 3.05) is 6.54 Å². The first-order valence-electron chi connectivity index (χ1n) is 7.68. The van der Waals surface area contributed by atoms with Crippen LogP contribution in [0.1, 0.15) is 57.8 Å². The van der Waals surface area contributed by atoms with Crippen molar-refractivity contribution in [2.24, 2.45) is 0 Å². The van der Waals surface area contributed by atoms with Gasteiger partial charge in [0.1, 0.15) is 0 Å². The molecule has 5 heteroatoms. The van der Waals surface area contributed by atoms with E-state index in [9.17, 15) is 9.59 Å². The normalized spacial score (nSPS) is 21.3. The molecule has 2 fully saturated rings. The summed E-state index contributed by atoms with van der Waals surface area (Å²) < 4.78 is 0. The molecule has 19 heavy (non-hydrogen) atoms. The predicted molar refractivity (Wildman–Crippen MR) is 72.6 cm³/mol. The fourth-order valence-electron chi connectivity index (χ4n) is 2.62. The zero-order chi connectivity index (χ0) is 13.5. The third kappa shape index (κ3) is 6.05. The van der Waals surface area contributed by atoms with Gasteiger partial charge in [-0.3, -0.25) is 10.1 Å². The molecule has 0 aromatic rings. The first-order valence-corrected chi connectivity index (χ1v) is 7.68. The van der Waals surface area contributed by atoms with E-state index in [1.807, 2.05) is 0 Å². The largest absolute Gasteiger partial charge is 0.336 e. The molecule has 2 aliphatic carbocycles. The van der Waals surface area contributed by atoms with Crippen molar-refractivity contribution in [3.05, 3.63) is 0 Å². The van der Waals surface area contributed by atoms with E-state index in [1.54, 1.807) is 0 Å². The average Bonchev–Trinajstić information content (AvgIpc) is 3.11. The van der Waals surface area contributed by atoms with E-state index in [0.717, 1.165) is 12.8 Å². The van der Waals surface area contributed by atoms with Gasteiger partial charge in [-0.1, -0.05) is 19.3 Å². The highest BCUT2D eigenvalue weighted by Crippen LogP contribution is 2.18. The molecule has 3 amide bonds. The second-order valence-corrected chi connectivity index (χ2v) is 5.84. The Bertz CT molecular complexity index is 308. The monoisotopic (exact) mass is 268 g/mol. The number of quaternary nitrogens is 1. The minimum atomic E-state index is -0.335. The fourth-order valence-corrected chi connectivity index (χ4v) is 2.62. The lowest BCUT2D eigenvalue weighted by molar-refractivity contribution is -0.680. The predicted octanol–water partition coefficient (Wildman–Crippen LogP) is 0.651. The summed E-state index contributed by atoms with van der Waals surface area (Å²) in [6.07, 6.45) is 11.0. The molecule has 0 bridgehead atoms. The zero-order valence-electron chi connectivity index (χ0n) is 11.6. The van der Waals surface area contributed by atoms with Gasteiger partial charge >= 0.3 is 6.03 Å². The molecular weight excluding hydrogens is 242 g/mol. The maximum atomic E-state index is 11.6. The third-order valence-electron chi connectivity index (χ3n) is 3.95. The summed E-state index contributed by atoms with van der Waals surface area (Å²) in [5.41, 5.74) is 0. The van der Waals surface area contributed by atoms with Crippen LogP contribution in [0, 0.1) is 0 Å². The maximum absolute atomic E-state index is 11.6. The molecule has 0 aromatic carbocycles. The highest BCUT2D eigenvalue weighted by atomic mass is 16.2. The van der Waals surface area contributed by atoms with Crippen LogP contribution in [0.2, 0.25) is 0 Å². The topological polar surface area (TPSA) is 74.8 Å². The van der Waals surface area contributed by atoms with Gasteiger partial charge in [0.05, 0.1) is 6.04 Å². The number of nitrogens with one attached hydrogen (secondary N) is 2. The van der Waals surface area contributed by atoms with Crippen LogP contribution in [-0.2, 0) is 4.79 Å². The molecule has 0 aromatic heterocycles. The Hall–Kier alpha value is -1.10. The van der Waals surface area contributed by atoms with Gasteiger partial charge in [-0.15, -0.1) is 0 Å². The van der Waals surface area contributed by atoms with E-state index < -0.39 is 0 Å². The summed E-state index contributed by atoms with van der Waals surface area (Å²) in [5.74, 6) is -0.180. The standard InChI is InChI=1S/C14H25N3O2/c18-13(17-14(19)16-12-8-9-12)10-15-11-6-4-2-1-3-5-7-11/h11-12,15H,1-10H2,(H2,16,17,18,19)/p+1. The van der Waals surface area contributed by atoms with Crippen LogP contribution in [0.4, 0.5) is 4.79 Å². The quantitative estimate of drug-likeness (QED) is 0.700. The van der Waals surface area contributed by atoms with Crippen molar-refractivity contribution < 1.29 is 14.9 Å². The number of rotatable bonds is 4. The molecule has 2 rings (SSSR count). The second kappa shape index (κ2) is 7.48. The Labute approximate surface area is 114 Å². The molecule has 0 saturated heterocycles. The summed E-state index contributed by atoms with van der Waals surface area (Å²) in [7, 11) is 0. The Morgan fingerprint density at radius 2 is 1.58 bits per heavy atom. The number of carbonyl (C=O) groups is 2. The molecular formula is C14H26N3O2+. The van der Waals surface area contributed by atoms with Crippen LogP contribution in [0.3, 0.4) is 0 Å². The zero-order valence-corrected chi connectivity index (χ0v) is 11.6. The highest BCUT2D eigenvalue weighted by Gasteiger charge is 2.24. The van der Waals surface area contributed by atoms with Crippen LogP contribution < -0.4 is 16.0 Å². The van der Waals surface area contributed by atoms with Gasteiger partial charge in [-0.25, -0.2) is 4.79 Å². The lowest BCUT2D eigenvalue weighted by Crippen LogP contribution is -2.92. The molecule has 0 radical (unpaired) electrons. The van der Waals surface area contributed by atoms with Gasteiger partial charge in [0.2, 0.25) is 0 Å². The van der Waals surface area contributed by atoms with E-state index >= 15 is 0 Å². The first kappa shape index (κ1) is 14.3. The third-order valence-corrected chi connectivity index (χ3v) is 3.95. The Kier molecular flexibility index (Phi) is 5.63. The molecule has 0 heterocycles. The number of hydrogen-bond donors (Lipinski definition) is 3. The number of amides is 3. The van der Waals surface area contributed by atoms with E-state index in [-0.39, 0.29) is 11.9 Å². The van der Waals surface area contributed by atoms with E-state index in [2.05, 4.69) is 16.0 Å². The van der Waals surface area contributed by atoms with Crippen molar-refractivity contribution >= 4 is 11.9 Å². The molecule has 0 atom stereocenters. The second-order valence-electron chi connectivity index (χ2n) is 5.84.